The molecule has 1 heterocycles. The van der Waals surface area contributed by atoms with Crippen LogP contribution in [0.15, 0.2) is 23.5 Å². The first-order valence-corrected chi connectivity index (χ1v) is 5.09. The van der Waals surface area contributed by atoms with Crippen molar-refractivity contribution >= 4 is 11.8 Å². The summed E-state index contributed by atoms with van der Waals surface area (Å²) >= 11 is 1.82. The van der Waals surface area contributed by atoms with Gasteiger partial charge < -0.3 is 5.32 Å². The van der Waals surface area contributed by atoms with E-state index in [4.69, 9.17) is 0 Å². The number of nitrogens with one attached hydrogen (secondary N) is 1. The lowest BCUT2D eigenvalue weighted by Gasteiger charge is -2.10. The van der Waals surface area contributed by atoms with Crippen LogP contribution in [-0.2, 0) is 0 Å². The lowest BCUT2D eigenvalue weighted by molar-refractivity contribution is -0.419. The fourth-order valence-electron chi connectivity index (χ4n) is 1.57. The molecule has 1 aliphatic heterocycles. The molecule has 2 aliphatic rings. The third-order valence-corrected chi connectivity index (χ3v) is 3.44. The molecule has 1 N–H and O–H groups in total. The van der Waals surface area contributed by atoms with E-state index in [0.717, 1.165) is 12.1 Å². The largest absolute Gasteiger partial charge is 0.376 e. The van der Waals surface area contributed by atoms with E-state index in [9.17, 15) is 10.1 Å². The molecule has 0 aromatic heterocycles. The van der Waals surface area contributed by atoms with Gasteiger partial charge in [-0.15, -0.1) is 11.8 Å². The van der Waals surface area contributed by atoms with E-state index in [1.54, 1.807) is 12.2 Å². The number of hydrogen-bond donors (Lipinski definition) is 1. The van der Waals surface area contributed by atoms with Crippen molar-refractivity contribution < 1.29 is 4.92 Å². The molecule has 0 aromatic rings. The third kappa shape index (κ3) is 1.56. The maximum Gasteiger partial charge on any atom is 0.267 e. The SMILES string of the molecule is CC1NC2=CC([N+](=O)[O-])=CCC2S1. The number of fused-ring (bicyclic) bond motifs is 1. The van der Waals surface area contributed by atoms with Crippen LogP contribution in [0.5, 0.6) is 0 Å². The lowest BCUT2D eigenvalue weighted by atomic mass is 10.1. The second-order valence-electron chi connectivity index (χ2n) is 3.13. The topological polar surface area (TPSA) is 55.2 Å². The van der Waals surface area contributed by atoms with E-state index in [0.29, 0.717) is 10.6 Å². The minimum Gasteiger partial charge on any atom is -0.376 e. The summed E-state index contributed by atoms with van der Waals surface area (Å²) in [5.74, 6) is 0. The van der Waals surface area contributed by atoms with E-state index in [1.165, 1.54) is 0 Å². The zero-order valence-corrected chi connectivity index (χ0v) is 8.00. The number of allylic oxidation sites excluding steroid dienone is 2. The van der Waals surface area contributed by atoms with Crippen LogP contribution in [0.2, 0.25) is 0 Å². The average molecular weight is 198 g/mol. The molecule has 0 radical (unpaired) electrons. The minimum atomic E-state index is -0.335. The van der Waals surface area contributed by atoms with Gasteiger partial charge in [-0.3, -0.25) is 10.1 Å². The average Bonchev–Trinajstić information content (AvgIpc) is 2.42. The minimum absolute atomic E-state index is 0.216. The normalized spacial score (nSPS) is 31.5. The Morgan fingerprint density at radius 3 is 3.23 bits per heavy atom. The van der Waals surface area contributed by atoms with Gasteiger partial charge in [-0.1, -0.05) is 0 Å². The van der Waals surface area contributed by atoms with Crippen molar-refractivity contribution in [1.82, 2.24) is 5.32 Å². The molecule has 2 unspecified atom stereocenters. The number of thioether (sulfide) groups is 1. The molecular weight excluding hydrogens is 188 g/mol. The summed E-state index contributed by atoms with van der Waals surface area (Å²) in [5.41, 5.74) is 1.22. The Morgan fingerprint density at radius 1 is 1.77 bits per heavy atom. The number of nitrogens with zero attached hydrogens (tertiary/aromatic N) is 1. The molecule has 1 aliphatic carbocycles. The first-order chi connectivity index (χ1) is 6.16. The summed E-state index contributed by atoms with van der Waals surface area (Å²) in [6, 6.07) is 0. The fourth-order valence-corrected chi connectivity index (χ4v) is 2.76. The highest BCUT2D eigenvalue weighted by Crippen LogP contribution is 2.35. The van der Waals surface area contributed by atoms with E-state index in [-0.39, 0.29) is 10.6 Å². The van der Waals surface area contributed by atoms with Crippen molar-refractivity contribution in [3.8, 4) is 0 Å². The Labute approximate surface area is 80.2 Å². The molecule has 13 heavy (non-hydrogen) atoms. The van der Waals surface area contributed by atoms with E-state index in [1.807, 2.05) is 11.8 Å². The number of rotatable bonds is 1. The number of hydrogen-bond acceptors (Lipinski definition) is 4. The molecule has 2 atom stereocenters. The van der Waals surface area contributed by atoms with Gasteiger partial charge in [-0.25, -0.2) is 0 Å². The zero-order valence-electron chi connectivity index (χ0n) is 7.19. The smallest absolute Gasteiger partial charge is 0.267 e. The molecule has 4 nitrogen and oxygen atoms in total. The summed E-state index contributed by atoms with van der Waals surface area (Å²) in [6.07, 6.45) is 4.11. The molecule has 1 fully saturated rings. The first kappa shape index (κ1) is 8.62. The van der Waals surface area contributed by atoms with E-state index < -0.39 is 0 Å². The van der Waals surface area contributed by atoms with Crippen molar-refractivity contribution in [3.63, 3.8) is 0 Å². The Kier molecular flexibility index (Phi) is 2.03. The van der Waals surface area contributed by atoms with Gasteiger partial charge in [0, 0.05) is 11.8 Å². The highest BCUT2D eigenvalue weighted by molar-refractivity contribution is 8.00. The third-order valence-electron chi connectivity index (χ3n) is 2.14. The Hall–Kier alpha value is -0.970. The van der Waals surface area contributed by atoms with Gasteiger partial charge in [-0.05, 0) is 19.4 Å². The van der Waals surface area contributed by atoms with E-state index >= 15 is 0 Å². The van der Waals surface area contributed by atoms with Crippen molar-refractivity contribution in [1.29, 1.82) is 0 Å². The first-order valence-electron chi connectivity index (χ1n) is 4.15. The quantitative estimate of drug-likeness (QED) is 0.512. The van der Waals surface area contributed by atoms with Crippen LogP contribution >= 0.6 is 11.8 Å². The molecule has 0 aromatic carbocycles. The predicted octanol–water partition coefficient (Wildman–Crippen LogP) is 1.49. The van der Waals surface area contributed by atoms with Crippen LogP contribution in [0.1, 0.15) is 13.3 Å². The summed E-state index contributed by atoms with van der Waals surface area (Å²) in [5, 5.41) is 14.5. The molecule has 70 valence electrons. The molecule has 5 heteroatoms. The van der Waals surface area contributed by atoms with Gasteiger partial charge in [0.05, 0.1) is 15.5 Å². The van der Waals surface area contributed by atoms with Gasteiger partial charge in [0.2, 0.25) is 0 Å². The monoisotopic (exact) mass is 198 g/mol. The summed E-state index contributed by atoms with van der Waals surface area (Å²) in [6.45, 7) is 2.07. The molecule has 0 amide bonds. The van der Waals surface area contributed by atoms with Gasteiger partial charge in [0.1, 0.15) is 0 Å². The highest BCUT2D eigenvalue weighted by Gasteiger charge is 2.30. The van der Waals surface area contributed by atoms with Crippen LogP contribution in [0.3, 0.4) is 0 Å². The van der Waals surface area contributed by atoms with Crippen molar-refractivity contribution in [2.45, 2.75) is 24.0 Å². The molecule has 2 rings (SSSR count). The van der Waals surface area contributed by atoms with Crippen LogP contribution in [-0.4, -0.2) is 15.5 Å². The maximum absolute atomic E-state index is 10.5. The van der Waals surface area contributed by atoms with Crippen molar-refractivity contribution in [2.75, 3.05) is 0 Å². The number of nitro groups is 1. The predicted molar refractivity (Wildman–Crippen MR) is 51.8 cm³/mol. The Balaban J connectivity index is 2.20. The van der Waals surface area contributed by atoms with Crippen LogP contribution in [0, 0.1) is 10.1 Å². The van der Waals surface area contributed by atoms with Crippen LogP contribution in [0.4, 0.5) is 0 Å². The van der Waals surface area contributed by atoms with Crippen LogP contribution < -0.4 is 5.32 Å². The summed E-state index contributed by atoms with van der Waals surface area (Å²) < 4.78 is 0. The lowest BCUT2D eigenvalue weighted by Crippen LogP contribution is -2.18. The molecular formula is C8H10N2O2S. The van der Waals surface area contributed by atoms with Crippen LogP contribution in [0.25, 0.3) is 0 Å². The van der Waals surface area contributed by atoms with Crippen molar-refractivity contribution in [3.05, 3.63) is 33.7 Å². The summed E-state index contributed by atoms with van der Waals surface area (Å²) in [7, 11) is 0. The van der Waals surface area contributed by atoms with Gasteiger partial charge in [0.15, 0.2) is 0 Å². The molecule has 0 spiro atoms. The fraction of sp³-hybridized carbons (Fsp3) is 0.500. The zero-order chi connectivity index (χ0) is 9.42. The maximum atomic E-state index is 10.5. The van der Waals surface area contributed by atoms with Crippen molar-refractivity contribution in [2.24, 2.45) is 0 Å². The van der Waals surface area contributed by atoms with Gasteiger partial charge in [-0.2, -0.15) is 0 Å². The molecule has 0 saturated carbocycles. The van der Waals surface area contributed by atoms with Gasteiger partial charge >= 0.3 is 0 Å². The second-order valence-corrected chi connectivity index (χ2v) is 4.68. The Morgan fingerprint density at radius 2 is 2.54 bits per heavy atom. The Bertz CT molecular complexity index is 311. The van der Waals surface area contributed by atoms with Gasteiger partial charge in [0.25, 0.3) is 5.70 Å². The molecule has 0 bridgehead atoms. The second kappa shape index (κ2) is 3.06. The standard InChI is InChI=1S/C8H10N2O2S/c1-5-9-7-4-6(10(11)12)2-3-8(7)13-5/h2,4-5,8-9H,3H2,1H3. The summed E-state index contributed by atoms with van der Waals surface area (Å²) in [4.78, 5) is 10.1. The van der Waals surface area contributed by atoms with E-state index in [2.05, 4.69) is 12.2 Å². The highest BCUT2D eigenvalue weighted by atomic mass is 32.2. The molecule has 1 saturated heterocycles.